The highest BCUT2D eigenvalue weighted by molar-refractivity contribution is 9.10. The molecule has 2 aromatic rings. The van der Waals surface area contributed by atoms with Crippen LogP contribution in [0.1, 0.15) is 32.0 Å². The second-order valence-electron chi connectivity index (χ2n) is 7.16. The van der Waals surface area contributed by atoms with Crippen LogP contribution >= 0.6 is 15.9 Å². The Balaban J connectivity index is 1.45. The minimum atomic E-state index is 0.415. The highest BCUT2D eigenvalue weighted by Crippen LogP contribution is 2.28. The van der Waals surface area contributed by atoms with Gasteiger partial charge in [-0.3, -0.25) is 4.99 Å². The third-order valence-corrected chi connectivity index (χ3v) is 5.74. The van der Waals surface area contributed by atoms with E-state index in [0.717, 1.165) is 68.2 Å². The van der Waals surface area contributed by atoms with E-state index in [9.17, 15) is 0 Å². The molecule has 152 valence electrons. The predicted octanol–water partition coefficient (Wildman–Crippen LogP) is 3.57. The molecule has 2 N–H and O–H groups in total. The van der Waals surface area contributed by atoms with E-state index in [1.165, 1.54) is 5.69 Å². The largest absolute Gasteiger partial charge is 0.368 e. The van der Waals surface area contributed by atoms with Gasteiger partial charge in [-0.05, 0) is 61.2 Å². The summed E-state index contributed by atoms with van der Waals surface area (Å²) in [7, 11) is 0. The lowest BCUT2D eigenvalue weighted by atomic mass is 10.2. The van der Waals surface area contributed by atoms with Crippen molar-refractivity contribution in [3.63, 3.8) is 0 Å². The first-order valence-corrected chi connectivity index (χ1v) is 11.0. The zero-order valence-corrected chi connectivity index (χ0v) is 18.5. The third-order valence-electron chi connectivity index (χ3n) is 5.07. The van der Waals surface area contributed by atoms with E-state index in [0.29, 0.717) is 6.04 Å². The minimum Gasteiger partial charge on any atom is -0.368 e. The van der Waals surface area contributed by atoms with E-state index in [-0.39, 0.29) is 0 Å². The molecule has 0 amide bonds. The number of aryl methyl sites for hydroxylation is 2. The highest BCUT2D eigenvalue weighted by Gasteiger charge is 2.24. The molecule has 6 nitrogen and oxygen atoms in total. The first kappa shape index (κ1) is 20.7. The Hall–Kier alpha value is -2.02. The van der Waals surface area contributed by atoms with Gasteiger partial charge in [0.05, 0.1) is 5.69 Å². The second-order valence-corrected chi connectivity index (χ2v) is 8.02. The summed E-state index contributed by atoms with van der Waals surface area (Å²) in [6.45, 7) is 8.93. The summed E-state index contributed by atoms with van der Waals surface area (Å²) in [5.41, 5.74) is 1.27. The van der Waals surface area contributed by atoms with Gasteiger partial charge in [-0.1, -0.05) is 12.1 Å². The van der Waals surface area contributed by atoms with Crippen molar-refractivity contribution in [2.45, 2.75) is 45.7 Å². The van der Waals surface area contributed by atoms with Gasteiger partial charge in [-0.2, -0.15) is 0 Å². The number of unbranched alkanes of at least 4 members (excludes halogenated alkanes) is 1. The molecular weight excluding hydrogens is 416 g/mol. The standard InChI is InChI=1S/C21H31BrN6/c1-3-23-21(25-11-6-7-13-27-15-12-24-17(27)2)26-18-10-14-28(16-18)20-9-5-4-8-19(20)22/h4-5,8-9,12,15,18H,3,6-7,10-11,13-14,16H2,1-2H3,(H2,23,25,26). The Morgan fingerprint density at radius 2 is 2.18 bits per heavy atom. The van der Waals surface area contributed by atoms with Crippen molar-refractivity contribution in [1.29, 1.82) is 0 Å². The van der Waals surface area contributed by atoms with Crippen molar-refractivity contribution < 1.29 is 0 Å². The van der Waals surface area contributed by atoms with E-state index < -0.39 is 0 Å². The maximum absolute atomic E-state index is 4.78. The van der Waals surface area contributed by atoms with E-state index in [4.69, 9.17) is 4.99 Å². The summed E-state index contributed by atoms with van der Waals surface area (Å²) >= 11 is 3.67. The summed E-state index contributed by atoms with van der Waals surface area (Å²) in [5.74, 6) is 2.01. The number of nitrogens with one attached hydrogen (secondary N) is 2. The molecule has 2 heterocycles. The average Bonchev–Trinajstić information content (AvgIpc) is 3.31. The molecule has 1 aromatic heterocycles. The Bertz CT molecular complexity index is 772. The maximum atomic E-state index is 4.78. The molecule has 0 radical (unpaired) electrons. The van der Waals surface area contributed by atoms with Crippen LogP contribution in [0.3, 0.4) is 0 Å². The number of halogens is 1. The number of hydrogen-bond donors (Lipinski definition) is 2. The van der Waals surface area contributed by atoms with Crippen LogP contribution in [0.25, 0.3) is 0 Å². The Morgan fingerprint density at radius 1 is 1.32 bits per heavy atom. The molecule has 1 atom stereocenters. The van der Waals surface area contributed by atoms with E-state index in [1.54, 1.807) is 0 Å². The van der Waals surface area contributed by atoms with Gasteiger partial charge < -0.3 is 20.1 Å². The van der Waals surface area contributed by atoms with Crippen molar-refractivity contribution in [2.24, 2.45) is 4.99 Å². The lowest BCUT2D eigenvalue weighted by Gasteiger charge is -2.21. The number of nitrogens with zero attached hydrogens (tertiary/aromatic N) is 4. The van der Waals surface area contributed by atoms with Crippen molar-refractivity contribution in [3.05, 3.63) is 47.0 Å². The van der Waals surface area contributed by atoms with Crippen molar-refractivity contribution in [2.75, 3.05) is 31.1 Å². The SMILES string of the molecule is CCNC(=NCCCCn1ccnc1C)NC1CCN(c2ccccc2Br)C1. The maximum Gasteiger partial charge on any atom is 0.191 e. The van der Waals surface area contributed by atoms with Crippen LogP contribution < -0.4 is 15.5 Å². The molecule has 1 fully saturated rings. The molecular formula is C21H31BrN6. The third kappa shape index (κ3) is 5.74. The normalized spacial score (nSPS) is 17.2. The van der Waals surface area contributed by atoms with Gasteiger partial charge in [-0.25, -0.2) is 4.98 Å². The summed E-state index contributed by atoms with van der Waals surface area (Å²) in [4.78, 5) is 11.5. The van der Waals surface area contributed by atoms with Crippen molar-refractivity contribution in [3.8, 4) is 0 Å². The zero-order chi connectivity index (χ0) is 19.8. The highest BCUT2D eigenvalue weighted by atomic mass is 79.9. The van der Waals surface area contributed by atoms with Gasteiger partial charge in [0.2, 0.25) is 0 Å². The first-order valence-electron chi connectivity index (χ1n) is 10.2. The van der Waals surface area contributed by atoms with Crippen LogP contribution in [0.4, 0.5) is 5.69 Å². The summed E-state index contributed by atoms with van der Waals surface area (Å²) in [6, 6.07) is 8.85. The van der Waals surface area contributed by atoms with Crippen molar-refractivity contribution in [1.82, 2.24) is 20.2 Å². The lowest BCUT2D eigenvalue weighted by molar-refractivity contribution is 0.597. The second kappa shape index (κ2) is 10.5. The molecule has 0 aliphatic carbocycles. The number of anilines is 1. The summed E-state index contributed by atoms with van der Waals surface area (Å²) < 4.78 is 3.35. The summed E-state index contributed by atoms with van der Waals surface area (Å²) in [6.07, 6.45) is 7.20. The smallest absolute Gasteiger partial charge is 0.191 e. The molecule has 1 aliphatic heterocycles. The van der Waals surface area contributed by atoms with Crippen LogP contribution in [0.15, 0.2) is 46.1 Å². The zero-order valence-electron chi connectivity index (χ0n) is 16.9. The van der Waals surface area contributed by atoms with Gasteiger partial charge in [0, 0.05) is 55.6 Å². The lowest BCUT2D eigenvalue weighted by Crippen LogP contribution is -2.44. The Morgan fingerprint density at radius 3 is 2.93 bits per heavy atom. The van der Waals surface area contributed by atoms with Crippen LogP contribution in [0, 0.1) is 6.92 Å². The number of para-hydroxylation sites is 1. The first-order chi connectivity index (χ1) is 13.7. The fourth-order valence-electron chi connectivity index (χ4n) is 3.54. The Kier molecular flexibility index (Phi) is 7.77. The van der Waals surface area contributed by atoms with Gasteiger partial charge >= 0.3 is 0 Å². The van der Waals surface area contributed by atoms with Crippen LogP contribution in [0.2, 0.25) is 0 Å². The number of guanidine groups is 1. The summed E-state index contributed by atoms with van der Waals surface area (Å²) in [5, 5.41) is 7.00. The van der Waals surface area contributed by atoms with Gasteiger partial charge in [-0.15, -0.1) is 0 Å². The van der Waals surface area contributed by atoms with Crippen LogP contribution in [0.5, 0.6) is 0 Å². The molecule has 7 heteroatoms. The molecule has 1 unspecified atom stereocenters. The van der Waals surface area contributed by atoms with Crippen molar-refractivity contribution >= 4 is 27.6 Å². The monoisotopic (exact) mass is 446 g/mol. The van der Waals surface area contributed by atoms with E-state index in [1.807, 2.05) is 19.3 Å². The topological polar surface area (TPSA) is 57.5 Å². The number of imidazole rings is 1. The predicted molar refractivity (Wildman–Crippen MR) is 120 cm³/mol. The Labute approximate surface area is 176 Å². The fraction of sp³-hybridized carbons (Fsp3) is 0.524. The molecule has 3 rings (SSSR count). The molecule has 1 aliphatic rings. The van der Waals surface area contributed by atoms with E-state index in [2.05, 4.69) is 72.2 Å². The van der Waals surface area contributed by atoms with Gasteiger partial charge in [0.15, 0.2) is 5.96 Å². The number of aliphatic imine (C=N–C) groups is 1. The van der Waals surface area contributed by atoms with Gasteiger partial charge in [0.1, 0.15) is 5.82 Å². The van der Waals surface area contributed by atoms with Crippen LogP contribution in [-0.2, 0) is 6.54 Å². The molecule has 1 aromatic carbocycles. The van der Waals surface area contributed by atoms with Crippen LogP contribution in [-0.4, -0.2) is 47.7 Å². The molecule has 0 saturated carbocycles. The van der Waals surface area contributed by atoms with Gasteiger partial charge in [0.25, 0.3) is 0 Å². The molecule has 1 saturated heterocycles. The number of rotatable bonds is 8. The number of benzene rings is 1. The quantitative estimate of drug-likeness (QED) is 0.369. The fourth-order valence-corrected chi connectivity index (χ4v) is 4.08. The number of hydrogen-bond acceptors (Lipinski definition) is 3. The molecule has 0 bridgehead atoms. The molecule has 28 heavy (non-hydrogen) atoms. The molecule has 0 spiro atoms. The van der Waals surface area contributed by atoms with E-state index >= 15 is 0 Å². The number of aromatic nitrogens is 2. The minimum absolute atomic E-state index is 0.415. The average molecular weight is 447 g/mol.